The molecule has 9 nitrogen and oxygen atoms in total. The number of hydrogen-bond acceptors (Lipinski definition) is 8. The Hall–Kier alpha value is -3.71. The molecule has 0 aliphatic carbocycles. The van der Waals surface area contributed by atoms with Gasteiger partial charge in [-0.3, -0.25) is 14.4 Å². The van der Waals surface area contributed by atoms with Crippen LogP contribution in [-0.4, -0.2) is 49.8 Å². The van der Waals surface area contributed by atoms with Gasteiger partial charge in [0.25, 0.3) is 0 Å². The third-order valence-electron chi connectivity index (χ3n) is 5.72. The van der Waals surface area contributed by atoms with Gasteiger partial charge in [0.2, 0.25) is 5.88 Å². The quantitative estimate of drug-likeness (QED) is 0.247. The molecule has 1 saturated heterocycles. The Balaban J connectivity index is 1.65. The van der Waals surface area contributed by atoms with Crippen molar-refractivity contribution in [1.29, 1.82) is 5.26 Å². The molecule has 0 saturated carbocycles. The maximum absolute atomic E-state index is 13.3. The van der Waals surface area contributed by atoms with Crippen LogP contribution >= 0.6 is 11.6 Å². The lowest BCUT2D eigenvalue weighted by Crippen LogP contribution is -2.32. The number of hydrogen-bond donors (Lipinski definition) is 1. The van der Waals surface area contributed by atoms with Crippen LogP contribution in [0.1, 0.15) is 44.1 Å². The second-order valence-electron chi connectivity index (χ2n) is 8.03. The highest BCUT2D eigenvalue weighted by atomic mass is 35.5. The SMILES string of the molecule is CC(=NC1CCN(C#N)CC1)/C(=N\N)c1cc(OC(C)c2ccc(F)cn2)n2c(Cl)cnc2c1. The predicted octanol–water partition coefficient (Wildman–Crippen LogP) is 3.73. The molecule has 1 atom stereocenters. The van der Waals surface area contributed by atoms with Crippen LogP contribution in [0, 0.1) is 17.3 Å². The van der Waals surface area contributed by atoms with E-state index in [1.54, 1.807) is 21.4 Å². The number of halogens is 2. The lowest BCUT2D eigenvalue weighted by molar-refractivity contribution is 0.210. The minimum absolute atomic E-state index is 0.0891. The van der Waals surface area contributed by atoms with Crippen molar-refractivity contribution >= 4 is 28.7 Å². The second-order valence-corrected chi connectivity index (χ2v) is 8.42. The van der Waals surface area contributed by atoms with E-state index < -0.39 is 11.9 Å². The van der Waals surface area contributed by atoms with E-state index in [2.05, 4.69) is 21.3 Å². The highest BCUT2D eigenvalue weighted by Crippen LogP contribution is 2.28. The van der Waals surface area contributed by atoms with Gasteiger partial charge in [-0.15, -0.1) is 0 Å². The number of aromatic nitrogens is 3. The Bertz CT molecular complexity index is 1270. The maximum atomic E-state index is 13.3. The van der Waals surface area contributed by atoms with E-state index in [0.717, 1.165) is 19.0 Å². The molecule has 3 aromatic heterocycles. The van der Waals surface area contributed by atoms with Crippen LogP contribution in [0.3, 0.4) is 0 Å². The zero-order valence-electron chi connectivity index (χ0n) is 18.8. The van der Waals surface area contributed by atoms with E-state index in [1.165, 1.54) is 12.3 Å². The Kier molecular flexibility index (Phi) is 6.93. The maximum Gasteiger partial charge on any atom is 0.201 e. The number of nitrogens with two attached hydrogens (primary N) is 1. The van der Waals surface area contributed by atoms with Crippen LogP contribution in [0.4, 0.5) is 4.39 Å². The third kappa shape index (κ3) is 4.94. The molecule has 2 N–H and O–H groups in total. The van der Waals surface area contributed by atoms with E-state index >= 15 is 0 Å². The standard InChI is InChI=1S/C23H24ClFN8O/c1-14(30-18-5-7-32(13-26)8-6-18)23(31-27)16-9-21-29-12-20(24)33(21)22(10-16)34-15(2)19-4-3-17(25)11-28-19/h3-4,9-12,15,18H,5-8,27H2,1-2H3/b30-14?,31-23+. The number of rotatable bonds is 6. The topological polar surface area (TPSA) is 117 Å². The fraction of sp³-hybridized carbons (Fsp3) is 0.348. The van der Waals surface area contributed by atoms with Crippen molar-refractivity contribution in [1.82, 2.24) is 19.3 Å². The molecule has 0 bridgehead atoms. The van der Waals surface area contributed by atoms with E-state index in [0.29, 0.717) is 52.5 Å². The van der Waals surface area contributed by atoms with Crippen molar-refractivity contribution in [3.05, 3.63) is 58.9 Å². The van der Waals surface area contributed by atoms with Crippen LogP contribution in [-0.2, 0) is 0 Å². The van der Waals surface area contributed by atoms with Gasteiger partial charge in [-0.1, -0.05) is 11.6 Å². The van der Waals surface area contributed by atoms with Crippen LogP contribution in [0.2, 0.25) is 5.15 Å². The number of piperidine rings is 1. The molecule has 4 heterocycles. The number of likely N-dealkylation sites (tertiary alicyclic amines) is 1. The monoisotopic (exact) mass is 482 g/mol. The van der Waals surface area contributed by atoms with E-state index in [1.807, 2.05) is 19.9 Å². The Morgan fingerprint density at radius 3 is 2.71 bits per heavy atom. The first-order valence-corrected chi connectivity index (χ1v) is 11.2. The summed E-state index contributed by atoms with van der Waals surface area (Å²) in [4.78, 5) is 15.0. The first-order chi connectivity index (χ1) is 16.4. The normalized spacial score (nSPS) is 16.5. The summed E-state index contributed by atoms with van der Waals surface area (Å²) in [6.45, 7) is 5.02. The summed E-state index contributed by atoms with van der Waals surface area (Å²) in [6, 6.07) is 6.56. The summed E-state index contributed by atoms with van der Waals surface area (Å²) in [7, 11) is 0. The smallest absolute Gasteiger partial charge is 0.201 e. The molecule has 1 aliphatic rings. The van der Waals surface area contributed by atoms with Gasteiger partial charge in [0.05, 0.1) is 29.8 Å². The first-order valence-electron chi connectivity index (χ1n) is 10.8. The molecule has 3 aromatic rings. The van der Waals surface area contributed by atoms with Gasteiger partial charge < -0.3 is 15.5 Å². The Morgan fingerprint density at radius 1 is 1.29 bits per heavy atom. The summed E-state index contributed by atoms with van der Waals surface area (Å²) in [6.07, 6.45) is 5.93. The van der Waals surface area contributed by atoms with Crippen molar-refractivity contribution in [3.8, 4) is 12.1 Å². The van der Waals surface area contributed by atoms with Gasteiger partial charge in [-0.05, 0) is 44.9 Å². The van der Waals surface area contributed by atoms with Gasteiger partial charge in [0.1, 0.15) is 28.4 Å². The molecule has 176 valence electrons. The average Bonchev–Trinajstić information content (AvgIpc) is 3.21. The van der Waals surface area contributed by atoms with Gasteiger partial charge in [0.15, 0.2) is 6.19 Å². The van der Waals surface area contributed by atoms with E-state index in [-0.39, 0.29) is 6.04 Å². The molecular weight excluding hydrogens is 459 g/mol. The second kappa shape index (κ2) is 10.1. The number of hydrazone groups is 1. The zero-order chi connectivity index (χ0) is 24.2. The fourth-order valence-corrected chi connectivity index (χ4v) is 4.16. The third-order valence-corrected chi connectivity index (χ3v) is 5.99. The molecule has 0 aromatic carbocycles. The molecule has 1 unspecified atom stereocenters. The van der Waals surface area contributed by atoms with Crippen molar-refractivity contribution < 1.29 is 9.13 Å². The molecular formula is C23H24ClFN8O. The molecule has 0 radical (unpaired) electrons. The summed E-state index contributed by atoms with van der Waals surface area (Å²) < 4.78 is 21.1. The van der Waals surface area contributed by atoms with Gasteiger partial charge in [-0.25, -0.2) is 9.37 Å². The van der Waals surface area contributed by atoms with Crippen molar-refractivity contribution in [2.75, 3.05) is 13.1 Å². The molecule has 1 aliphatic heterocycles. The van der Waals surface area contributed by atoms with Crippen LogP contribution < -0.4 is 10.6 Å². The van der Waals surface area contributed by atoms with Crippen molar-refractivity contribution in [2.24, 2.45) is 15.9 Å². The fourth-order valence-electron chi connectivity index (χ4n) is 3.94. The molecule has 34 heavy (non-hydrogen) atoms. The Morgan fingerprint density at radius 2 is 2.06 bits per heavy atom. The van der Waals surface area contributed by atoms with Crippen LogP contribution in [0.15, 0.2) is 46.8 Å². The van der Waals surface area contributed by atoms with Gasteiger partial charge in [0, 0.05) is 24.7 Å². The molecule has 1 fully saturated rings. The van der Waals surface area contributed by atoms with Crippen LogP contribution in [0.5, 0.6) is 5.88 Å². The minimum atomic E-state index is -0.490. The first kappa shape index (κ1) is 23.4. The van der Waals surface area contributed by atoms with E-state index in [4.69, 9.17) is 32.4 Å². The van der Waals surface area contributed by atoms with Crippen molar-refractivity contribution in [3.63, 3.8) is 0 Å². The minimum Gasteiger partial charge on any atom is -0.469 e. The number of fused-ring (bicyclic) bond motifs is 1. The summed E-state index contributed by atoms with van der Waals surface area (Å²) in [5, 5.41) is 13.4. The number of nitriles is 1. The Labute approximate surface area is 201 Å². The molecule has 4 rings (SSSR count). The molecule has 0 spiro atoms. The number of ether oxygens (including phenoxy) is 1. The zero-order valence-corrected chi connectivity index (χ0v) is 19.6. The number of aliphatic imine (C=N–C) groups is 1. The van der Waals surface area contributed by atoms with Crippen molar-refractivity contribution in [2.45, 2.75) is 38.8 Å². The lowest BCUT2D eigenvalue weighted by atomic mass is 10.0. The van der Waals surface area contributed by atoms with Gasteiger partial charge >= 0.3 is 0 Å². The lowest BCUT2D eigenvalue weighted by Gasteiger charge is -2.26. The number of pyridine rings is 2. The summed E-state index contributed by atoms with van der Waals surface area (Å²) in [5.41, 5.74) is 2.96. The summed E-state index contributed by atoms with van der Waals surface area (Å²) in [5.74, 6) is 5.76. The van der Waals surface area contributed by atoms with Crippen LogP contribution in [0.25, 0.3) is 5.65 Å². The molecule has 11 heteroatoms. The van der Waals surface area contributed by atoms with Gasteiger partial charge in [-0.2, -0.15) is 10.4 Å². The number of nitrogens with zero attached hydrogens (tertiary/aromatic N) is 7. The number of imidazole rings is 1. The predicted molar refractivity (Wildman–Crippen MR) is 127 cm³/mol. The average molecular weight is 483 g/mol. The molecule has 0 amide bonds. The highest BCUT2D eigenvalue weighted by molar-refractivity contribution is 6.47. The van der Waals surface area contributed by atoms with E-state index in [9.17, 15) is 4.39 Å². The highest BCUT2D eigenvalue weighted by Gasteiger charge is 2.21. The largest absolute Gasteiger partial charge is 0.469 e. The summed E-state index contributed by atoms with van der Waals surface area (Å²) >= 11 is 6.36.